The monoisotopic (exact) mass is 414 g/mol. The van der Waals surface area contributed by atoms with Gasteiger partial charge in [-0.2, -0.15) is 0 Å². The summed E-state index contributed by atoms with van der Waals surface area (Å²) in [5.74, 6) is 0.917. The quantitative estimate of drug-likeness (QED) is 0.782. The second-order valence-corrected chi connectivity index (χ2v) is 7.54. The van der Waals surface area contributed by atoms with Gasteiger partial charge in [-0.15, -0.1) is 0 Å². The van der Waals surface area contributed by atoms with Gasteiger partial charge in [-0.25, -0.2) is 15.2 Å². The molecule has 2 aliphatic rings. The highest BCUT2D eigenvalue weighted by molar-refractivity contribution is 5.97. The third kappa shape index (κ3) is 4.26. The molecule has 2 aliphatic heterocycles. The van der Waals surface area contributed by atoms with Crippen LogP contribution in [0.5, 0.6) is 11.5 Å². The van der Waals surface area contributed by atoms with Crippen molar-refractivity contribution < 1.29 is 18.7 Å². The molecule has 2 N–H and O–H groups in total. The maximum Gasteiger partial charge on any atom is 0.257 e. The van der Waals surface area contributed by atoms with E-state index >= 15 is 0 Å². The number of nitrogens with one attached hydrogen (secondary N) is 2. The van der Waals surface area contributed by atoms with Crippen LogP contribution in [-0.2, 0) is 0 Å². The van der Waals surface area contributed by atoms with Crippen molar-refractivity contribution in [1.29, 1.82) is 0 Å². The zero-order valence-corrected chi connectivity index (χ0v) is 17.2. The first-order valence-corrected chi connectivity index (χ1v) is 10.1. The van der Waals surface area contributed by atoms with Crippen LogP contribution in [0.4, 0.5) is 4.39 Å². The standard InChI is InChI=1S/C22H27FN4O3/c1-29-17-7-8-18(20(13-17)30-2)22(28)27-11-9-26(10-12-27)21-14-19(24-25-21)15-3-5-16(23)6-4-15/h3-8,13,19,21,24-25H,9-12,14H2,1-2H3. The zero-order valence-electron chi connectivity index (χ0n) is 17.2. The fourth-order valence-corrected chi connectivity index (χ4v) is 4.07. The molecule has 2 unspecified atom stereocenters. The van der Waals surface area contributed by atoms with Gasteiger partial charge < -0.3 is 14.4 Å². The molecule has 0 spiro atoms. The first kappa shape index (κ1) is 20.6. The van der Waals surface area contributed by atoms with Gasteiger partial charge in [0.05, 0.1) is 25.9 Å². The number of benzene rings is 2. The van der Waals surface area contributed by atoms with E-state index in [0.717, 1.165) is 25.1 Å². The van der Waals surface area contributed by atoms with Crippen LogP contribution < -0.4 is 20.3 Å². The van der Waals surface area contributed by atoms with Crippen molar-refractivity contribution in [3.05, 3.63) is 59.4 Å². The van der Waals surface area contributed by atoms with Gasteiger partial charge in [-0.05, 0) is 36.2 Å². The summed E-state index contributed by atoms with van der Waals surface area (Å²) in [4.78, 5) is 17.2. The van der Waals surface area contributed by atoms with Crippen molar-refractivity contribution in [1.82, 2.24) is 20.7 Å². The summed E-state index contributed by atoms with van der Waals surface area (Å²) in [6.45, 7) is 2.85. The number of halogens is 1. The molecule has 160 valence electrons. The highest BCUT2D eigenvalue weighted by Gasteiger charge is 2.33. The van der Waals surface area contributed by atoms with Crippen LogP contribution in [0.15, 0.2) is 42.5 Å². The minimum Gasteiger partial charge on any atom is -0.497 e. The Kier molecular flexibility index (Phi) is 6.17. The molecule has 0 aromatic heterocycles. The van der Waals surface area contributed by atoms with Crippen LogP contribution in [-0.4, -0.2) is 62.3 Å². The number of hydrazine groups is 1. The molecule has 4 rings (SSSR count). The van der Waals surface area contributed by atoms with E-state index in [2.05, 4.69) is 15.8 Å². The van der Waals surface area contributed by atoms with Crippen molar-refractivity contribution in [3.63, 3.8) is 0 Å². The molecule has 0 radical (unpaired) electrons. The predicted octanol–water partition coefficient (Wildman–Crippen LogP) is 2.17. The molecule has 0 aliphatic carbocycles. The Morgan fingerprint density at radius 3 is 2.40 bits per heavy atom. The smallest absolute Gasteiger partial charge is 0.257 e. The van der Waals surface area contributed by atoms with Gasteiger partial charge in [0.15, 0.2) is 0 Å². The van der Waals surface area contributed by atoms with Gasteiger partial charge in [0, 0.05) is 38.3 Å². The number of hydrogen-bond donors (Lipinski definition) is 2. The average molecular weight is 414 g/mol. The van der Waals surface area contributed by atoms with Crippen molar-refractivity contribution in [2.45, 2.75) is 18.6 Å². The number of carbonyl (C=O) groups is 1. The molecule has 7 nitrogen and oxygen atoms in total. The molecular formula is C22H27FN4O3. The van der Waals surface area contributed by atoms with Crippen LogP contribution in [0, 0.1) is 5.82 Å². The number of piperazine rings is 1. The highest BCUT2D eigenvalue weighted by atomic mass is 19.1. The molecule has 2 fully saturated rings. The summed E-state index contributed by atoms with van der Waals surface area (Å²) in [7, 11) is 3.14. The van der Waals surface area contributed by atoms with Crippen LogP contribution in [0.3, 0.4) is 0 Å². The zero-order chi connectivity index (χ0) is 21.1. The molecule has 2 aromatic rings. The first-order chi connectivity index (χ1) is 14.6. The number of methoxy groups -OCH3 is 2. The van der Waals surface area contributed by atoms with E-state index in [4.69, 9.17) is 9.47 Å². The normalized spacial score (nSPS) is 22.2. The van der Waals surface area contributed by atoms with Crippen molar-refractivity contribution in [3.8, 4) is 11.5 Å². The topological polar surface area (TPSA) is 66.1 Å². The summed E-state index contributed by atoms with van der Waals surface area (Å²) in [6.07, 6.45) is 1.05. The molecule has 0 bridgehead atoms. The van der Waals surface area contributed by atoms with E-state index in [1.54, 1.807) is 32.4 Å². The van der Waals surface area contributed by atoms with E-state index in [1.165, 1.54) is 12.1 Å². The number of carbonyl (C=O) groups excluding carboxylic acids is 1. The van der Waals surface area contributed by atoms with Crippen molar-refractivity contribution >= 4 is 5.91 Å². The summed E-state index contributed by atoms with van der Waals surface area (Å²) in [6, 6.07) is 12.0. The minimum absolute atomic E-state index is 0.0316. The van der Waals surface area contributed by atoms with Gasteiger partial charge in [0.25, 0.3) is 5.91 Å². The molecule has 0 saturated carbocycles. The Balaban J connectivity index is 1.34. The van der Waals surface area contributed by atoms with E-state index in [1.807, 2.05) is 17.0 Å². The summed E-state index contributed by atoms with van der Waals surface area (Å²) in [5, 5.41) is 0. The van der Waals surface area contributed by atoms with Gasteiger partial charge in [0.1, 0.15) is 17.3 Å². The molecule has 2 atom stereocenters. The highest BCUT2D eigenvalue weighted by Crippen LogP contribution is 2.27. The summed E-state index contributed by atoms with van der Waals surface area (Å²) in [5.41, 5.74) is 8.25. The lowest BCUT2D eigenvalue weighted by Crippen LogP contribution is -2.55. The molecule has 8 heteroatoms. The largest absolute Gasteiger partial charge is 0.497 e. The van der Waals surface area contributed by atoms with Gasteiger partial charge in [-0.3, -0.25) is 9.69 Å². The number of ether oxygens (including phenoxy) is 2. The molecule has 2 saturated heterocycles. The van der Waals surface area contributed by atoms with E-state index < -0.39 is 0 Å². The van der Waals surface area contributed by atoms with Crippen molar-refractivity contribution in [2.75, 3.05) is 40.4 Å². The Bertz CT molecular complexity index is 884. The second kappa shape index (κ2) is 8.99. The lowest BCUT2D eigenvalue weighted by atomic mass is 10.0. The van der Waals surface area contributed by atoms with E-state index in [9.17, 15) is 9.18 Å². The first-order valence-electron chi connectivity index (χ1n) is 10.1. The number of nitrogens with zero attached hydrogens (tertiary/aromatic N) is 2. The van der Waals surface area contributed by atoms with E-state index in [0.29, 0.717) is 30.2 Å². The van der Waals surface area contributed by atoms with Gasteiger partial charge in [-0.1, -0.05) is 12.1 Å². The predicted molar refractivity (Wildman–Crippen MR) is 111 cm³/mol. The maximum absolute atomic E-state index is 13.2. The van der Waals surface area contributed by atoms with Crippen LogP contribution in [0.25, 0.3) is 0 Å². The SMILES string of the molecule is COc1ccc(C(=O)N2CCN(C3CC(c4ccc(F)cc4)NN3)CC2)c(OC)c1. The molecule has 30 heavy (non-hydrogen) atoms. The number of amides is 1. The lowest BCUT2D eigenvalue weighted by Gasteiger charge is -2.37. The number of rotatable bonds is 5. The summed E-state index contributed by atoms with van der Waals surface area (Å²) >= 11 is 0. The van der Waals surface area contributed by atoms with Crippen molar-refractivity contribution in [2.24, 2.45) is 0 Å². The average Bonchev–Trinajstić information content (AvgIpc) is 3.29. The Morgan fingerprint density at radius 2 is 1.73 bits per heavy atom. The Hall–Kier alpha value is -2.68. The van der Waals surface area contributed by atoms with Gasteiger partial charge >= 0.3 is 0 Å². The molecule has 2 aromatic carbocycles. The third-order valence-corrected chi connectivity index (χ3v) is 5.84. The Morgan fingerprint density at radius 1 is 1.00 bits per heavy atom. The summed E-state index contributed by atoms with van der Waals surface area (Å²) < 4.78 is 23.8. The van der Waals surface area contributed by atoms with Crippen LogP contribution in [0.2, 0.25) is 0 Å². The van der Waals surface area contributed by atoms with Crippen LogP contribution in [0.1, 0.15) is 28.4 Å². The maximum atomic E-state index is 13.2. The van der Waals surface area contributed by atoms with Gasteiger partial charge in [0.2, 0.25) is 0 Å². The van der Waals surface area contributed by atoms with Crippen LogP contribution >= 0.6 is 0 Å². The molecule has 2 heterocycles. The van der Waals surface area contributed by atoms with E-state index in [-0.39, 0.29) is 23.9 Å². The second-order valence-electron chi connectivity index (χ2n) is 7.54. The Labute approximate surface area is 175 Å². The minimum atomic E-state index is -0.226. The lowest BCUT2D eigenvalue weighted by molar-refractivity contribution is 0.0542. The fraction of sp³-hybridized carbons (Fsp3) is 0.409. The number of hydrogen-bond acceptors (Lipinski definition) is 6. The molecular weight excluding hydrogens is 387 g/mol. The molecule has 1 amide bonds. The fourth-order valence-electron chi connectivity index (χ4n) is 4.07. The third-order valence-electron chi connectivity index (χ3n) is 5.84.